The van der Waals surface area contributed by atoms with Crippen molar-refractivity contribution in [3.05, 3.63) is 18.2 Å². The highest BCUT2D eigenvalue weighted by Gasteiger charge is 2.10. The Morgan fingerprint density at radius 2 is 1.11 bits per heavy atom. The van der Waals surface area contributed by atoms with E-state index in [0.29, 0.717) is 89.7 Å². The third-order valence-corrected chi connectivity index (χ3v) is 5.82. The van der Waals surface area contributed by atoms with E-state index in [2.05, 4.69) is 12.2 Å². The lowest BCUT2D eigenvalue weighted by Gasteiger charge is -2.15. The Hall–Kier alpha value is -1.87. The van der Waals surface area contributed by atoms with Gasteiger partial charge < -0.3 is 33.7 Å². The van der Waals surface area contributed by atoms with Crippen molar-refractivity contribution in [3.8, 4) is 11.5 Å². The fourth-order valence-electron chi connectivity index (χ4n) is 3.82. The molecule has 0 saturated heterocycles. The zero-order chi connectivity index (χ0) is 25.5. The van der Waals surface area contributed by atoms with Gasteiger partial charge in [-0.1, -0.05) is 58.3 Å². The molecule has 8 nitrogen and oxygen atoms in total. The third kappa shape index (κ3) is 15.3. The van der Waals surface area contributed by atoms with Crippen molar-refractivity contribution in [1.29, 1.82) is 0 Å². The highest BCUT2D eigenvalue weighted by atomic mass is 16.6. The van der Waals surface area contributed by atoms with Crippen molar-refractivity contribution in [2.45, 2.75) is 71.1 Å². The van der Waals surface area contributed by atoms with Crippen LogP contribution < -0.4 is 14.8 Å². The summed E-state index contributed by atoms with van der Waals surface area (Å²) in [4.78, 5) is 12.4. The molecular formula is C28H47NO7. The predicted molar refractivity (Wildman–Crippen MR) is 141 cm³/mol. The zero-order valence-corrected chi connectivity index (χ0v) is 22.2. The van der Waals surface area contributed by atoms with Crippen LogP contribution in [0.1, 0.15) is 71.1 Å². The number of hydrogen-bond acceptors (Lipinski definition) is 7. The van der Waals surface area contributed by atoms with Gasteiger partial charge >= 0.3 is 0 Å². The van der Waals surface area contributed by atoms with Crippen LogP contribution in [0.3, 0.4) is 0 Å². The molecule has 1 N–H and O–H groups in total. The summed E-state index contributed by atoms with van der Waals surface area (Å²) in [5.74, 6) is 1.20. The molecule has 0 radical (unpaired) electrons. The second-order valence-electron chi connectivity index (χ2n) is 8.93. The Labute approximate surface area is 217 Å². The van der Waals surface area contributed by atoms with Crippen LogP contribution in [0.4, 0.5) is 5.69 Å². The summed E-state index contributed by atoms with van der Waals surface area (Å²) < 4.78 is 33.8. The standard InChI is InChI=1S/C28H47NO7/c1-2-3-4-5-6-7-8-9-10-11-28(30)29-25-12-13-26-27(24-25)36-23-21-34-19-17-32-15-14-31-16-18-33-20-22-35-26/h12-13,24H,2-11,14-23H2,1H3,(H,29,30). The average Bonchev–Trinajstić information content (AvgIpc) is 2.88. The van der Waals surface area contributed by atoms with Crippen LogP contribution >= 0.6 is 0 Å². The largest absolute Gasteiger partial charge is 0.487 e. The van der Waals surface area contributed by atoms with E-state index in [1.807, 2.05) is 12.1 Å². The smallest absolute Gasteiger partial charge is 0.224 e. The maximum Gasteiger partial charge on any atom is 0.224 e. The van der Waals surface area contributed by atoms with Crippen LogP contribution in [0.15, 0.2) is 18.2 Å². The lowest BCUT2D eigenvalue weighted by atomic mass is 10.1. The maximum atomic E-state index is 12.4. The molecule has 206 valence electrons. The minimum Gasteiger partial charge on any atom is -0.487 e. The Morgan fingerprint density at radius 1 is 0.639 bits per heavy atom. The summed E-state index contributed by atoms with van der Waals surface area (Å²) >= 11 is 0. The van der Waals surface area contributed by atoms with Crippen molar-refractivity contribution in [2.75, 3.05) is 71.4 Å². The topological polar surface area (TPSA) is 84.5 Å². The number of benzene rings is 1. The molecule has 0 spiro atoms. The highest BCUT2D eigenvalue weighted by molar-refractivity contribution is 5.91. The number of nitrogens with one attached hydrogen (secondary N) is 1. The fraction of sp³-hybridized carbons (Fsp3) is 0.750. The van der Waals surface area contributed by atoms with Crippen LogP contribution in [0, 0.1) is 0 Å². The number of fused-ring (bicyclic) bond motifs is 1. The minimum atomic E-state index is 0.0259. The van der Waals surface area contributed by atoms with Gasteiger partial charge in [0.25, 0.3) is 0 Å². The molecule has 36 heavy (non-hydrogen) atoms. The summed E-state index contributed by atoms with van der Waals surface area (Å²) in [6.45, 7) is 6.95. The summed E-state index contributed by atoms with van der Waals surface area (Å²) in [6.07, 6.45) is 11.6. The van der Waals surface area contributed by atoms with E-state index in [-0.39, 0.29) is 5.91 Å². The van der Waals surface area contributed by atoms with Gasteiger partial charge in [-0.2, -0.15) is 0 Å². The van der Waals surface area contributed by atoms with Gasteiger partial charge in [-0.3, -0.25) is 4.79 Å². The Balaban J connectivity index is 1.75. The van der Waals surface area contributed by atoms with E-state index < -0.39 is 0 Å². The van der Waals surface area contributed by atoms with Gasteiger partial charge in [-0.05, 0) is 18.6 Å². The average molecular weight is 510 g/mol. The molecule has 1 aliphatic rings. The first kappa shape index (κ1) is 30.4. The molecule has 0 unspecified atom stereocenters. The molecule has 0 aromatic heterocycles. The number of hydrogen-bond donors (Lipinski definition) is 1. The summed E-state index contributed by atoms with van der Waals surface area (Å²) in [6, 6.07) is 5.46. The molecule has 1 aromatic carbocycles. The van der Waals surface area contributed by atoms with E-state index in [1.165, 1.54) is 44.9 Å². The van der Waals surface area contributed by atoms with E-state index >= 15 is 0 Å². The van der Waals surface area contributed by atoms with E-state index in [0.717, 1.165) is 12.8 Å². The number of unbranched alkanes of at least 4 members (excludes halogenated alkanes) is 8. The first-order chi connectivity index (χ1) is 17.8. The van der Waals surface area contributed by atoms with E-state index in [9.17, 15) is 4.79 Å². The SMILES string of the molecule is CCCCCCCCCCCC(=O)Nc1ccc2c(c1)OCCOCCOCCOCCOCCO2. The first-order valence-electron chi connectivity index (χ1n) is 13.8. The van der Waals surface area contributed by atoms with Crippen LogP contribution in [0.25, 0.3) is 0 Å². The predicted octanol–water partition coefficient (Wildman–Crippen LogP) is 5.38. The van der Waals surface area contributed by atoms with Gasteiger partial charge in [0.1, 0.15) is 13.2 Å². The second kappa shape index (κ2) is 21.2. The fourth-order valence-corrected chi connectivity index (χ4v) is 3.82. The van der Waals surface area contributed by atoms with Gasteiger partial charge in [0.05, 0.1) is 52.9 Å². The number of anilines is 1. The molecule has 1 aromatic rings. The van der Waals surface area contributed by atoms with Gasteiger partial charge in [0.2, 0.25) is 5.91 Å². The van der Waals surface area contributed by atoms with Gasteiger partial charge in [-0.15, -0.1) is 0 Å². The monoisotopic (exact) mass is 509 g/mol. The summed E-state index contributed by atoms with van der Waals surface area (Å²) in [5, 5.41) is 2.99. The molecule has 2 rings (SSSR count). The van der Waals surface area contributed by atoms with E-state index in [4.69, 9.17) is 28.4 Å². The summed E-state index contributed by atoms with van der Waals surface area (Å²) in [7, 11) is 0. The molecule has 1 amide bonds. The second-order valence-corrected chi connectivity index (χ2v) is 8.93. The van der Waals surface area contributed by atoms with Crippen molar-refractivity contribution in [2.24, 2.45) is 0 Å². The molecular weight excluding hydrogens is 462 g/mol. The number of rotatable bonds is 11. The molecule has 1 aliphatic heterocycles. The Bertz CT molecular complexity index is 686. The molecule has 0 bridgehead atoms. The van der Waals surface area contributed by atoms with Crippen LogP contribution in [-0.4, -0.2) is 72.0 Å². The van der Waals surface area contributed by atoms with Crippen LogP contribution in [-0.2, 0) is 23.7 Å². The van der Waals surface area contributed by atoms with Crippen molar-refractivity contribution < 1.29 is 33.2 Å². The van der Waals surface area contributed by atoms with Gasteiger partial charge in [0, 0.05) is 18.2 Å². The Morgan fingerprint density at radius 3 is 1.67 bits per heavy atom. The van der Waals surface area contributed by atoms with E-state index in [1.54, 1.807) is 6.07 Å². The van der Waals surface area contributed by atoms with Gasteiger partial charge in [0.15, 0.2) is 11.5 Å². The number of carbonyl (C=O) groups is 1. The van der Waals surface area contributed by atoms with Crippen LogP contribution in [0.5, 0.6) is 11.5 Å². The normalized spacial score (nSPS) is 16.6. The molecule has 0 fully saturated rings. The van der Waals surface area contributed by atoms with Crippen molar-refractivity contribution >= 4 is 11.6 Å². The lowest BCUT2D eigenvalue weighted by Crippen LogP contribution is -2.16. The number of ether oxygens (including phenoxy) is 6. The quantitative estimate of drug-likeness (QED) is 0.401. The zero-order valence-electron chi connectivity index (χ0n) is 22.2. The third-order valence-electron chi connectivity index (χ3n) is 5.82. The summed E-state index contributed by atoms with van der Waals surface area (Å²) in [5.41, 5.74) is 0.697. The molecule has 8 heteroatoms. The molecule has 0 aliphatic carbocycles. The number of amides is 1. The molecule has 0 atom stereocenters. The molecule has 1 heterocycles. The number of carbonyl (C=O) groups excluding carboxylic acids is 1. The van der Waals surface area contributed by atoms with Crippen molar-refractivity contribution in [3.63, 3.8) is 0 Å². The minimum absolute atomic E-state index is 0.0259. The van der Waals surface area contributed by atoms with Gasteiger partial charge in [-0.25, -0.2) is 0 Å². The van der Waals surface area contributed by atoms with Crippen LogP contribution in [0.2, 0.25) is 0 Å². The first-order valence-corrected chi connectivity index (χ1v) is 13.8. The molecule has 0 saturated carbocycles. The highest BCUT2D eigenvalue weighted by Crippen LogP contribution is 2.31. The lowest BCUT2D eigenvalue weighted by molar-refractivity contribution is -0.116. The maximum absolute atomic E-state index is 12.4. The Kier molecular flexibility index (Phi) is 17.9. The van der Waals surface area contributed by atoms with Crippen molar-refractivity contribution in [1.82, 2.24) is 0 Å².